The van der Waals surface area contributed by atoms with Crippen molar-refractivity contribution in [3.63, 3.8) is 0 Å². The molecule has 11 unspecified atom stereocenters. The molecule has 0 aliphatic heterocycles. The third-order valence-corrected chi connectivity index (χ3v) is 17.8. The standard InChI is InChI=1S/C48H84O4/c1-9-10-11-12-13-14-15-16-17-18-19-20-21-22-23-24-42(51)52-41-29-30-45(6)38(44(41,4)5)28-31-46(7)39(45)26-25-37-43-36(35(2)3)27-32-48(43,34-49)40(50)33-47(37,46)8/h36-41,43,49-50H,2,9-34H2,1,3-8H3. The molecule has 4 heteroatoms. The van der Waals surface area contributed by atoms with Crippen LogP contribution in [-0.2, 0) is 9.53 Å². The largest absolute Gasteiger partial charge is 0.462 e. The van der Waals surface area contributed by atoms with Gasteiger partial charge in [0.05, 0.1) is 12.7 Å². The second kappa shape index (κ2) is 17.5. The van der Waals surface area contributed by atoms with Crippen molar-refractivity contribution in [1.82, 2.24) is 0 Å². The van der Waals surface area contributed by atoms with Crippen molar-refractivity contribution in [3.05, 3.63) is 12.2 Å². The van der Waals surface area contributed by atoms with Crippen LogP contribution in [0.1, 0.15) is 209 Å². The summed E-state index contributed by atoms with van der Waals surface area (Å²) >= 11 is 0. The molecule has 0 aromatic carbocycles. The first-order valence-corrected chi connectivity index (χ1v) is 22.9. The Balaban J connectivity index is 1.09. The Hall–Kier alpha value is -0.870. The molecule has 300 valence electrons. The number of carbonyl (C=O) groups is 1. The van der Waals surface area contributed by atoms with E-state index in [2.05, 4.69) is 55.0 Å². The van der Waals surface area contributed by atoms with Gasteiger partial charge in [-0.15, -0.1) is 0 Å². The minimum atomic E-state index is -0.453. The number of esters is 1. The van der Waals surface area contributed by atoms with Gasteiger partial charge in [-0.2, -0.15) is 0 Å². The summed E-state index contributed by atoms with van der Waals surface area (Å²) in [5.74, 6) is 2.38. The van der Waals surface area contributed by atoms with E-state index >= 15 is 0 Å². The van der Waals surface area contributed by atoms with E-state index in [4.69, 9.17) is 4.74 Å². The highest BCUT2D eigenvalue weighted by Gasteiger charge is 2.72. The summed E-state index contributed by atoms with van der Waals surface area (Å²) in [5.41, 5.74) is 1.19. The van der Waals surface area contributed by atoms with E-state index in [1.165, 1.54) is 115 Å². The Morgan fingerprint density at radius 2 is 1.29 bits per heavy atom. The molecule has 52 heavy (non-hydrogen) atoms. The highest BCUT2D eigenvalue weighted by molar-refractivity contribution is 5.69. The number of ether oxygens (including phenoxy) is 1. The normalized spacial score (nSPS) is 40.7. The summed E-state index contributed by atoms with van der Waals surface area (Å²) in [4.78, 5) is 13.2. The predicted octanol–water partition coefficient (Wildman–Crippen LogP) is 12.8. The molecule has 0 bridgehead atoms. The second-order valence-electron chi connectivity index (χ2n) is 20.8. The SMILES string of the molecule is C=C(C)C1CCC2(CO)C(O)CC3(C)C(CCC4C5(C)CCC(OC(=O)CCCCCCCCCCCCCCCCC)C(C)(C)C5CCC43C)C12. The molecule has 0 heterocycles. The first-order valence-electron chi connectivity index (χ1n) is 22.9. The molecule has 0 spiro atoms. The smallest absolute Gasteiger partial charge is 0.306 e. The van der Waals surface area contributed by atoms with Gasteiger partial charge in [-0.3, -0.25) is 4.79 Å². The molecule has 5 aliphatic rings. The highest BCUT2D eigenvalue weighted by atomic mass is 16.5. The van der Waals surface area contributed by atoms with Gasteiger partial charge >= 0.3 is 5.97 Å². The van der Waals surface area contributed by atoms with Crippen LogP contribution in [0.4, 0.5) is 0 Å². The minimum Gasteiger partial charge on any atom is -0.462 e. The monoisotopic (exact) mass is 725 g/mol. The second-order valence-corrected chi connectivity index (χ2v) is 20.8. The summed E-state index contributed by atoms with van der Waals surface area (Å²) < 4.78 is 6.40. The van der Waals surface area contributed by atoms with Crippen LogP contribution >= 0.6 is 0 Å². The average Bonchev–Trinajstić information content (AvgIpc) is 3.50. The van der Waals surface area contributed by atoms with Gasteiger partial charge in [0.25, 0.3) is 0 Å². The topological polar surface area (TPSA) is 66.8 Å². The van der Waals surface area contributed by atoms with E-state index in [1.807, 2.05) is 0 Å². The van der Waals surface area contributed by atoms with Crippen LogP contribution in [0.2, 0.25) is 0 Å². The van der Waals surface area contributed by atoms with E-state index in [0.29, 0.717) is 36.0 Å². The fraction of sp³-hybridized carbons (Fsp3) is 0.938. The van der Waals surface area contributed by atoms with E-state index < -0.39 is 6.10 Å². The lowest BCUT2D eigenvalue weighted by atomic mass is 9.32. The van der Waals surface area contributed by atoms with Gasteiger partial charge in [0, 0.05) is 17.3 Å². The number of fused-ring (bicyclic) bond motifs is 7. The first-order chi connectivity index (χ1) is 24.7. The van der Waals surface area contributed by atoms with Crippen LogP contribution in [0.3, 0.4) is 0 Å². The maximum Gasteiger partial charge on any atom is 0.306 e. The third-order valence-electron chi connectivity index (χ3n) is 17.8. The van der Waals surface area contributed by atoms with Crippen LogP contribution in [0.15, 0.2) is 12.2 Å². The van der Waals surface area contributed by atoms with Gasteiger partial charge < -0.3 is 14.9 Å². The average molecular weight is 725 g/mol. The van der Waals surface area contributed by atoms with Crippen LogP contribution in [-0.4, -0.2) is 35.0 Å². The number of aliphatic hydroxyl groups is 2. The van der Waals surface area contributed by atoms with Gasteiger partial charge in [0.2, 0.25) is 0 Å². The molecular formula is C48H84O4. The zero-order chi connectivity index (χ0) is 37.8. The van der Waals surface area contributed by atoms with Crippen LogP contribution in [0.5, 0.6) is 0 Å². The fourth-order valence-electron chi connectivity index (χ4n) is 14.7. The zero-order valence-electron chi connectivity index (χ0n) is 35.3. The molecule has 4 nitrogen and oxygen atoms in total. The number of rotatable bonds is 19. The summed E-state index contributed by atoms with van der Waals surface area (Å²) in [6.07, 6.45) is 29.8. The van der Waals surface area contributed by atoms with Gasteiger partial charge in [-0.05, 0) is 117 Å². The summed E-state index contributed by atoms with van der Waals surface area (Å²) in [6.45, 7) is 21.6. The lowest BCUT2D eigenvalue weighted by Gasteiger charge is -2.73. The van der Waals surface area contributed by atoms with Crippen LogP contribution in [0.25, 0.3) is 0 Å². The molecule has 0 radical (unpaired) electrons. The third kappa shape index (κ3) is 7.89. The Kier molecular flexibility index (Phi) is 14.2. The van der Waals surface area contributed by atoms with Gasteiger partial charge in [0.1, 0.15) is 6.10 Å². The molecule has 0 aromatic heterocycles. The minimum absolute atomic E-state index is 0.00202. The summed E-state index contributed by atoms with van der Waals surface area (Å²) in [5, 5.41) is 22.8. The molecular weight excluding hydrogens is 641 g/mol. The predicted molar refractivity (Wildman–Crippen MR) is 217 cm³/mol. The van der Waals surface area contributed by atoms with Crippen LogP contribution in [0, 0.1) is 56.7 Å². The molecule has 5 rings (SSSR count). The Bertz CT molecular complexity index is 1180. The lowest BCUT2D eigenvalue weighted by Crippen LogP contribution is -2.68. The number of hydrogen-bond donors (Lipinski definition) is 2. The van der Waals surface area contributed by atoms with E-state index in [1.54, 1.807) is 0 Å². The van der Waals surface area contributed by atoms with Crippen molar-refractivity contribution < 1.29 is 19.7 Å². The van der Waals surface area contributed by atoms with E-state index in [9.17, 15) is 15.0 Å². The summed E-state index contributed by atoms with van der Waals surface area (Å²) in [7, 11) is 0. The molecule has 5 fully saturated rings. The van der Waals surface area contributed by atoms with E-state index in [0.717, 1.165) is 44.9 Å². The number of carbonyl (C=O) groups excluding carboxylic acids is 1. The fourth-order valence-corrected chi connectivity index (χ4v) is 14.7. The Labute approximate surface area is 321 Å². The molecule has 0 amide bonds. The van der Waals surface area contributed by atoms with Crippen molar-refractivity contribution in [3.8, 4) is 0 Å². The maximum absolute atomic E-state index is 13.2. The number of unbranched alkanes of at least 4 members (excludes halogenated alkanes) is 14. The van der Waals surface area contributed by atoms with Crippen molar-refractivity contribution in [2.24, 2.45) is 56.7 Å². The number of allylic oxidation sites excluding steroid dienone is 1. The van der Waals surface area contributed by atoms with Gasteiger partial charge in [-0.25, -0.2) is 0 Å². The zero-order valence-corrected chi connectivity index (χ0v) is 35.3. The first kappa shape index (κ1) is 42.3. The molecule has 5 saturated carbocycles. The molecule has 2 N–H and O–H groups in total. The Morgan fingerprint density at radius 3 is 1.85 bits per heavy atom. The Morgan fingerprint density at radius 1 is 0.712 bits per heavy atom. The van der Waals surface area contributed by atoms with E-state index in [-0.39, 0.29) is 45.8 Å². The number of hydrogen-bond acceptors (Lipinski definition) is 4. The van der Waals surface area contributed by atoms with Gasteiger partial charge in [-0.1, -0.05) is 144 Å². The summed E-state index contributed by atoms with van der Waals surface area (Å²) in [6, 6.07) is 0. The maximum atomic E-state index is 13.2. The lowest BCUT2D eigenvalue weighted by molar-refractivity contribution is -0.267. The molecule has 5 aliphatic carbocycles. The van der Waals surface area contributed by atoms with Crippen molar-refractivity contribution in [2.75, 3.05) is 6.61 Å². The van der Waals surface area contributed by atoms with Crippen LogP contribution < -0.4 is 0 Å². The quantitative estimate of drug-likeness (QED) is 0.0791. The highest BCUT2D eigenvalue weighted by Crippen LogP contribution is 2.77. The molecule has 0 aromatic rings. The molecule has 11 atom stereocenters. The van der Waals surface area contributed by atoms with Crippen molar-refractivity contribution >= 4 is 5.97 Å². The number of aliphatic hydroxyl groups excluding tert-OH is 2. The van der Waals surface area contributed by atoms with Crippen molar-refractivity contribution in [1.29, 1.82) is 0 Å². The molecule has 0 saturated heterocycles. The van der Waals surface area contributed by atoms with Gasteiger partial charge in [0.15, 0.2) is 0 Å². The van der Waals surface area contributed by atoms with Crippen molar-refractivity contribution in [2.45, 2.75) is 221 Å².